The molecule has 0 N–H and O–H groups in total. The molecule has 7 heteroatoms. The molecule has 0 radical (unpaired) electrons. The fourth-order valence-corrected chi connectivity index (χ4v) is 2.20. The van der Waals surface area contributed by atoms with E-state index >= 15 is 0 Å². The van der Waals surface area contributed by atoms with E-state index in [-0.39, 0.29) is 6.61 Å². The van der Waals surface area contributed by atoms with Crippen molar-refractivity contribution in [2.75, 3.05) is 6.61 Å². The van der Waals surface area contributed by atoms with E-state index in [0.29, 0.717) is 11.1 Å². The molecule has 1 saturated heterocycles. The van der Waals surface area contributed by atoms with Crippen LogP contribution in [0.4, 0.5) is 0 Å². The van der Waals surface area contributed by atoms with E-state index in [4.69, 9.17) is 18.9 Å². The molecule has 1 aromatic carbocycles. The minimum Gasteiger partial charge on any atom is -0.459 e. The van der Waals surface area contributed by atoms with Crippen LogP contribution in [-0.4, -0.2) is 43.0 Å². The second-order valence-electron chi connectivity index (χ2n) is 5.17. The average molecular weight is 334 g/mol. The van der Waals surface area contributed by atoms with Crippen LogP contribution in [0.15, 0.2) is 42.5 Å². The van der Waals surface area contributed by atoms with Crippen LogP contribution in [0.3, 0.4) is 0 Å². The Morgan fingerprint density at radius 2 is 1.71 bits per heavy atom. The number of benzene rings is 1. The third kappa shape index (κ3) is 4.42. The topological polar surface area (TPSA) is 88.1 Å². The van der Waals surface area contributed by atoms with E-state index in [1.165, 1.54) is 13.8 Å². The summed E-state index contributed by atoms with van der Waals surface area (Å²) in [7, 11) is 0. The molecule has 0 saturated carbocycles. The van der Waals surface area contributed by atoms with Gasteiger partial charge in [0.1, 0.15) is 12.7 Å². The molecule has 0 spiro atoms. The largest absolute Gasteiger partial charge is 0.459 e. The molecule has 0 aliphatic carbocycles. The highest BCUT2D eigenvalue weighted by Crippen LogP contribution is 2.29. The molecule has 1 aliphatic heterocycles. The summed E-state index contributed by atoms with van der Waals surface area (Å²) in [6.45, 7) is 6.09. The summed E-state index contributed by atoms with van der Waals surface area (Å²) in [5, 5.41) is 0. The summed E-state index contributed by atoms with van der Waals surface area (Å²) in [5.41, 5.74) is 0.756. The van der Waals surface area contributed by atoms with Crippen molar-refractivity contribution in [3.05, 3.63) is 48.0 Å². The monoisotopic (exact) mass is 334 g/mol. The zero-order chi connectivity index (χ0) is 17.7. The number of carbonyl (C=O) groups excluding carboxylic acids is 3. The lowest BCUT2D eigenvalue weighted by molar-refractivity contribution is -0.195. The molecule has 1 unspecified atom stereocenters. The number of ether oxygens (including phenoxy) is 4. The SMILES string of the molecule is C=C1[C@@H](OC(C)=O)C(OC(C)=O)O[C@@H]1COC(=O)c1ccccc1. The van der Waals surface area contributed by atoms with E-state index in [1.54, 1.807) is 30.3 Å². The summed E-state index contributed by atoms with van der Waals surface area (Å²) in [4.78, 5) is 34.3. The van der Waals surface area contributed by atoms with E-state index in [2.05, 4.69) is 6.58 Å². The molecular weight excluding hydrogens is 316 g/mol. The zero-order valence-electron chi connectivity index (χ0n) is 13.4. The molecule has 24 heavy (non-hydrogen) atoms. The van der Waals surface area contributed by atoms with Crippen LogP contribution in [0.2, 0.25) is 0 Å². The summed E-state index contributed by atoms with van der Waals surface area (Å²) >= 11 is 0. The molecule has 1 aromatic rings. The number of rotatable bonds is 5. The molecule has 1 fully saturated rings. The van der Waals surface area contributed by atoms with Crippen molar-refractivity contribution in [2.45, 2.75) is 32.3 Å². The van der Waals surface area contributed by atoms with E-state index < -0.39 is 36.4 Å². The van der Waals surface area contributed by atoms with Gasteiger partial charge in [-0.15, -0.1) is 0 Å². The second-order valence-corrected chi connectivity index (χ2v) is 5.17. The van der Waals surface area contributed by atoms with Gasteiger partial charge < -0.3 is 18.9 Å². The smallest absolute Gasteiger partial charge is 0.338 e. The summed E-state index contributed by atoms with van der Waals surface area (Å²) in [5.74, 6) is -1.68. The van der Waals surface area contributed by atoms with Crippen LogP contribution in [-0.2, 0) is 28.5 Å². The minimum atomic E-state index is -1.11. The fraction of sp³-hybridized carbons (Fsp3) is 0.353. The first-order valence-electron chi connectivity index (χ1n) is 7.29. The third-order valence-electron chi connectivity index (χ3n) is 3.27. The number of hydrogen-bond acceptors (Lipinski definition) is 7. The van der Waals surface area contributed by atoms with Gasteiger partial charge in [0.25, 0.3) is 0 Å². The van der Waals surface area contributed by atoms with Crippen molar-refractivity contribution in [1.82, 2.24) is 0 Å². The van der Waals surface area contributed by atoms with Crippen LogP contribution in [0.5, 0.6) is 0 Å². The van der Waals surface area contributed by atoms with Crippen LogP contribution < -0.4 is 0 Å². The summed E-state index contributed by atoms with van der Waals surface area (Å²) in [6.07, 6.45) is -2.79. The first-order valence-corrected chi connectivity index (χ1v) is 7.29. The maximum atomic E-state index is 11.9. The standard InChI is InChI=1S/C17H18O7/c1-10-14(9-21-16(20)13-7-5-4-6-8-13)24-17(23-12(3)19)15(10)22-11(2)18/h4-8,14-15,17H,1,9H2,2-3H3/t14-,15-,17?/m1/s1. The van der Waals surface area contributed by atoms with Gasteiger partial charge in [-0.05, 0) is 12.1 Å². The lowest BCUT2D eigenvalue weighted by atomic mass is 10.1. The predicted molar refractivity (Wildman–Crippen MR) is 81.8 cm³/mol. The van der Waals surface area contributed by atoms with Gasteiger partial charge in [-0.1, -0.05) is 24.8 Å². The number of carbonyl (C=O) groups is 3. The highest BCUT2D eigenvalue weighted by atomic mass is 16.7. The Morgan fingerprint density at radius 1 is 1.08 bits per heavy atom. The quantitative estimate of drug-likeness (QED) is 0.459. The van der Waals surface area contributed by atoms with Crippen molar-refractivity contribution in [3.8, 4) is 0 Å². The molecule has 2 rings (SSSR count). The molecule has 0 bridgehead atoms. The molecular formula is C17H18O7. The second kappa shape index (κ2) is 7.74. The Bertz CT molecular complexity index is 638. The first kappa shape index (κ1) is 17.7. The molecule has 7 nitrogen and oxygen atoms in total. The van der Waals surface area contributed by atoms with Crippen molar-refractivity contribution >= 4 is 17.9 Å². The van der Waals surface area contributed by atoms with Gasteiger partial charge >= 0.3 is 17.9 Å². The maximum absolute atomic E-state index is 11.9. The zero-order valence-corrected chi connectivity index (χ0v) is 13.4. The number of esters is 3. The van der Waals surface area contributed by atoms with Gasteiger partial charge in [-0.25, -0.2) is 4.79 Å². The molecule has 1 aliphatic rings. The molecule has 3 atom stereocenters. The maximum Gasteiger partial charge on any atom is 0.338 e. The van der Waals surface area contributed by atoms with Crippen LogP contribution in [0.1, 0.15) is 24.2 Å². The van der Waals surface area contributed by atoms with Gasteiger partial charge in [0, 0.05) is 19.4 Å². The Balaban J connectivity index is 2.00. The van der Waals surface area contributed by atoms with Gasteiger partial charge in [-0.3, -0.25) is 9.59 Å². The van der Waals surface area contributed by atoms with Crippen LogP contribution >= 0.6 is 0 Å². The lowest BCUT2D eigenvalue weighted by Crippen LogP contribution is -2.31. The highest BCUT2D eigenvalue weighted by molar-refractivity contribution is 5.89. The van der Waals surface area contributed by atoms with Crippen LogP contribution in [0.25, 0.3) is 0 Å². The Hall–Kier alpha value is -2.67. The molecule has 0 amide bonds. The van der Waals surface area contributed by atoms with Gasteiger partial charge in [0.05, 0.1) is 5.56 Å². The first-order chi connectivity index (χ1) is 11.4. The Kier molecular flexibility index (Phi) is 5.70. The van der Waals surface area contributed by atoms with Crippen molar-refractivity contribution in [3.63, 3.8) is 0 Å². The van der Waals surface area contributed by atoms with Crippen molar-refractivity contribution in [1.29, 1.82) is 0 Å². The van der Waals surface area contributed by atoms with E-state index in [0.717, 1.165) is 0 Å². The predicted octanol–water partition coefficient (Wildman–Crippen LogP) is 1.62. The Labute approximate surface area is 139 Å². The lowest BCUT2D eigenvalue weighted by Gasteiger charge is -2.17. The van der Waals surface area contributed by atoms with Crippen molar-refractivity contribution < 1.29 is 33.3 Å². The van der Waals surface area contributed by atoms with Crippen molar-refractivity contribution in [2.24, 2.45) is 0 Å². The normalized spacial score (nSPS) is 22.8. The molecule has 0 aromatic heterocycles. The third-order valence-corrected chi connectivity index (χ3v) is 3.27. The van der Waals surface area contributed by atoms with Gasteiger partial charge in [0.15, 0.2) is 6.10 Å². The Morgan fingerprint density at radius 3 is 2.29 bits per heavy atom. The average Bonchev–Trinajstić information content (AvgIpc) is 2.81. The number of hydrogen-bond donors (Lipinski definition) is 0. The highest BCUT2D eigenvalue weighted by Gasteiger charge is 2.43. The molecule has 1 heterocycles. The van der Waals surface area contributed by atoms with Crippen LogP contribution in [0, 0.1) is 0 Å². The van der Waals surface area contributed by atoms with Gasteiger partial charge in [-0.2, -0.15) is 0 Å². The summed E-state index contributed by atoms with van der Waals surface area (Å²) < 4.78 is 20.7. The van der Waals surface area contributed by atoms with E-state index in [1.807, 2.05) is 0 Å². The minimum absolute atomic E-state index is 0.137. The molecule has 128 valence electrons. The fourth-order valence-electron chi connectivity index (χ4n) is 2.20. The summed E-state index contributed by atoms with van der Waals surface area (Å²) in [6, 6.07) is 8.46. The van der Waals surface area contributed by atoms with E-state index in [9.17, 15) is 14.4 Å². The van der Waals surface area contributed by atoms with Gasteiger partial charge in [0.2, 0.25) is 6.29 Å².